The van der Waals surface area contributed by atoms with Gasteiger partial charge in [0.1, 0.15) is 30.5 Å². The number of hydrogen-bond acceptors (Lipinski definition) is 5. The normalized spacial score (nSPS) is 14.1. The van der Waals surface area contributed by atoms with E-state index >= 15 is 0 Å². The first kappa shape index (κ1) is 23.8. The highest BCUT2D eigenvalue weighted by atomic mass is 19.1. The van der Waals surface area contributed by atoms with Crippen molar-refractivity contribution in [3.8, 4) is 11.5 Å². The Bertz CT molecular complexity index is 1380. The molecule has 4 aromatic rings. The summed E-state index contributed by atoms with van der Waals surface area (Å²) in [6.45, 7) is 3.91. The molecule has 2 heterocycles. The number of aromatic nitrogens is 1. The van der Waals surface area contributed by atoms with Crippen molar-refractivity contribution in [3.05, 3.63) is 95.4 Å². The lowest BCUT2D eigenvalue weighted by molar-refractivity contribution is -0.118. The predicted molar refractivity (Wildman–Crippen MR) is 136 cm³/mol. The smallest absolute Gasteiger partial charge is 0.229 e. The zero-order valence-corrected chi connectivity index (χ0v) is 20.1. The van der Waals surface area contributed by atoms with E-state index in [1.165, 1.54) is 12.1 Å². The molecule has 3 aromatic carbocycles. The summed E-state index contributed by atoms with van der Waals surface area (Å²) in [7, 11) is 0. The Kier molecular flexibility index (Phi) is 7.09. The molecular formula is C29H27FN2O4. The van der Waals surface area contributed by atoms with Crippen LogP contribution in [0.3, 0.4) is 0 Å². The highest BCUT2D eigenvalue weighted by molar-refractivity contribution is 5.93. The molecule has 1 fully saturated rings. The number of benzene rings is 3. The fourth-order valence-electron chi connectivity index (χ4n) is 4.25. The molecular weight excluding hydrogens is 459 g/mol. The van der Waals surface area contributed by atoms with E-state index in [0.29, 0.717) is 60.9 Å². The van der Waals surface area contributed by atoms with E-state index in [4.69, 9.17) is 19.2 Å². The number of carbonyl (C=O) groups is 1. The van der Waals surface area contributed by atoms with Gasteiger partial charge in [-0.3, -0.25) is 4.79 Å². The molecule has 1 saturated heterocycles. The summed E-state index contributed by atoms with van der Waals surface area (Å²) in [6, 6.07) is 21.8. The van der Waals surface area contributed by atoms with Gasteiger partial charge in [-0.05, 0) is 42.8 Å². The Labute approximate surface area is 209 Å². The molecule has 1 aliphatic rings. The standard InChI is InChI=1S/C29H27FN2O4/c1-20-27(19-35-24-9-5-8-23(17-24)32-13-15-34-14-12-28(32)33)31-26-11-10-22(30)16-25(26)29(20)36-18-21-6-3-2-4-7-21/h2-11,16-17H,12-15,18-19H2,1H3. The van der Waals surface area contributed by atoms with Gasteiger partial charge >= 0.3 is 0 Å². The van der Waals surface area contributed by atoms with Crippen molar-refractivity contribution in [1.29, 1.82) is 0 Å². The lowest BCUT2D eigenvalue weighted by Crippen LogP contribution is -2.31. The van der Waals surface area contributed by atoms with Crippen molar-refractivity contribution in [2.75, 3.05) is 24.7 Å². The van der Waals surface area contributed by atoms with E-state index in [0.717, 1.165) is 16.8 Å². The van der Waals surface area contributed by atoms with Crippen LogP contribution < -0.4 is 14.4 Å². The minimum absolute atomic E-state index is 0.0316. The first-order valence-corrected chi connectivity index (χ1v) is 11.9. The molecule has 6 nitrogen and oxygen atoms in total. The molecule has 0 spiro atoms. The summed E-state index contributed by atoms with van der Waals surface area (Å²) in [5, 5.41) is 0.621. The molecule has 36 heavy (non-hydrogen) atoms. The van der Waals surface area contributed by atoms with E-state index in [1.54, 1.807) is 11.0 Å². The average molecular weight is 487 g/mol. The number of fused-ring (bicyclic) bond motifs is 1. The van der Waals surface area contributed by atoms with E-state index in [-0.39, 0.29) is 18.3 Å². The van der Waals surface area contributed by atoms with Crippen LogP contribution in [-0.4, -0.2) is 30.6 Å². The maximum Gasteiger partial charge on any atom is 0.229 e. The minimum atomic E-state index is -0.345. The second-order valence-electron chi connectivity index (χ2n) is 8.64. The summed E-state index contributed by atoms with van der Waals surface area (Å²) in [5.74, 6) is 0.898. The number of halogens is 1. The third-order valence-corrected chi connectivity index (χ3v) is 6.18. The lowest BCUT2D eigenvalue weighted by Gasteiger charge is -2.21. The van der Waals surface area contributed by atoms with Crippen molar-refractivity contribution in [2.45, 2.75) is 26.6 Å². The second-order valence-corrected chi connectivity index (χ2v) is 8.64. The van der Waals surface area contributed by atoms with Crippen molar-refractivity contribution >= 4 is 22.5 Å². The van der Waals surface area contributed by atoms with Crippen LogP contribution in [0.25, 0.3) is 10.9 Å². The van der Waals surface area contributed by atoms with Crippen molar-refractivity contribution < 1.29 is 23.4 Å². The van der Waals surface area contributed by atoms with Crippen LogP contribution in [-0.2, 0) is 22.7 Å². The summed E-state index contributed by atoms with van der Waals surface area (Å²) < 4.78 is 31.8. The summed E-state index contributed by atoms with van der Waals surface area (Å²) in [5.41, 5.74) is 3.91. The van der Waals surface area contributed by atoms with Gasteiger partial charge in [0.25, 0.3) is 0 Å². The molecule has 184 valence electrons. The van der Waals surface area contributed by atoms with Crippen molar-refractivity contribution in [1.82, 2.24) is 4.98 Å². The van der Waals surface area contributed by atoms with Crippen LogP contribution in [0.1, 0.15) is 23.2 Å². The second kappa shape index (κ2) is 10.7. The molecule has 1 amide bonds. The number of hydrogen-bond donors (Lipinski definition) is 0. The molecule has 7 heteroatoms. The molecule has 0 aliphatic carbocycles. The highest BCUT2D eigenvalue weighted by Crippen LogP contribution is 2.32. The zero-order valence-electron chi connectivity index (χ0n) is 20.1. The third-order valence-electron chi connectivity index (χ3n) is 6.18. The van der Waals surface area contributed by atoms with Gasteiger partial charge < -0.3 is 19.1 Å². The van der Waals surface area contributed by atoms with Gasteiger partial charge in [0.2, 0.25) is 5.91 Å². The summed E-state index contributed by atoms with van der Waals surface area (Å²) in [4.78, 5) is 18.9. The number of rotatable bonds is 7. The van der Waals surface area contributed by atoms with Crippen LogP contribution in [0.2, 0.25) is 0 Å². The van der Waals surface area contributed by atoms with Crippen molar-refractivity contribution in [3.63, 3.8) is 0 Å². The van der Waals surface area contributed by atoms with Gasteiger partial charge in [-0.2, -0.15) is 0 Å². The number of anilines is 1. The van der Waals surface area contributed by atoms with E-state index in [9.17, 15) is 9.18 Å². The Hall–Kier alpha value is -3.97. The van der Waals surface area contributed by atoms with Gasteiger partial charge in [-0.15, -0.1) is 0 Å². The molecule has 0 radical (unpaired) electrons. The average Bonchev–Trinajstić information content (AvgIpc) is 3.12. The summed E-state index contributed by atoms with van der Waals surface area (Å²) in [6.07, 6.45) is 0.359. The molecule has 0 saturated carbocycles. The quantitative estimate of drug-likeness (QED) is 0.341. The van der Waals surface area contributed by atoms with Gasteiger partial charge in [-0.1, -0.05) is 36.4 Å². The Morgan fingerprint density at radius 3 is 2.69 bits per heavy atom. The van der Waals surface area contributed by atoms with Crippen LogP contribution in [0.15, 0.2) is 72.8 Å². The van der Waals surface area contributed by atoms with Gasteiger partial charge in [0, 0.05) is 29.2 Å². The first-order valence-electron chi connectivity index (χ1n) is 11.9. The number of pyridine rings is 1. The van der Waals surface area contributed by atoms with Gasteiger partial charge in [0.05, 0.1) is 30.8 Å². The molecule has 1 aromatic heterocycles. The number of amides is 1. The highest BCUT2D eigenvalue weighted by Gasteiger charge is 2.19. The van der Waals surface area contributed by atoms with Gasteiger partial charge in [0.15, 0.2) is 0 Å². The Morgan fingerprint density at radius 1 is 0.972 bits per heavy atom. The Balaban J connectivity index is 1.40. The fourth-order valence-corrected chi connectivity index (χ4v) is 4.25. The van der Waals surface area contributed by atoms with E-state index < -0.39 is 0 Å². The molecule has 1 aliphatic heterocycles. The van der Waals surface area contributed by atoms with Crippen LogP contribution in [0.4, 0.5) is 10.1 Å². The lowest BCUT2D eigenvalue weighted by atomic mass is 10.1. The molecule has 5 rings (SSSR count). The predicted octanol–water partition coefficient (Wildman–Crippen LogP) is 5.59. The largest absolute Gasteiger partial charge is 0.488 e. The monoisotopic (exact) mass is 486 g/mol. The van der Waals surface area contributed by atoms with E-state index in [1.807, 2.05) is 61.5 Å². The number of carbonyl (C=O) groups excluding carboxylic acids is 1. The molecule has 0 atom stereocenters. The van der Waals surface area contributed by atoms with Crippen LogP contribution >= 0.6 is 0 Å². The fraction of sp³-hybridized carbons (Fsp3) is 0.241. The molecule has 0 bridgehead atoms. The maximum absolute atomic E-state index is 14.1. The number of ether oxygens (including phenoxy) is 3. The zero-order chi connectivity index (χ0) is 24.9. The third kappa shape index (κ3) is 5.31. The first-order chi connectivity index (χ1) is 17.6. The topological polar surface area (TPSA) is 60.9 Å². The maximum atomic E-state index is 14.1. The van der Waals surface area contributed by atoms with Crippen LogP contribution in [0.5, 0.6) is 11.5 Å². The van der Waals surface area contributed by atoms with Crippen molar-refractivity contribution in [2.24, 2.45) is 0 Å². The molecule has 0 unspecified atom stereocenters. The SMILES string of the molecule is Cc1c(COc2cccc(N3CCOCCC3=O)c2)nc2ccc(F)cc2c1OCc1ccccc1. The van der Waals surface area contributed by atoms with E-state index in [2.05, 4.69) is 0 Å². The number of nitrogens with zero attached hydrogens (tertiary/aromatic N) is 2. The minimum Gasteiger partial charge on any atom is -0.488 e. The van der Waals surface area contributed by atoms with Gasteiger partial charge in [-0.25, -0.2) is 9.37 Å². The summed E-state index contributed by atoms with van der Waals surface area (Å²) >= 11 is 0. The van der Waals surface area contributed by atoms with Crippen LogP contribution in [0, 0.1) is 12.7 Å². The molecule has 0 N–H and O–H groups in total. The Morgan fingerprint density at radius 2 is 1.83 bits per heavy atom.